The number of nitrogens with one attached hydrogen (secondary N) is 2. The lowest BCUT2D eigenvalue weighted by atomic mass is 10.1. The molecule has 1 fully saturated rings. The van der Waals surface area contributed by atoms with Gasteiger partial charge in [0.05, 0.1) is 30.1 Å². The van der Waals surface area contributed by atoms with Crippen LogP contribution in [0.25, 0.3) is 22.2 Å². The van der Waals surface area contributed by atoms with Crippen LogP contribution in [0.15, 0.2) is 66.7 Å². The Hall–Kier alpha value is -3.51. The molecule has 214 valence electrons. The van der Waals surface area contributed by atoms with E-state index in [1.165, 1.54) is 22.7 Å². The molecule has 5 nitrogen and oxygen atoms in total. The van der Waals surface area contributed by atoms with Gasteiger partial charge in [0, 0.05) is 60.7 Å². The molecule has 1 aliphatic rings. The van der Waals surface area contributed by atoms with Crippen molar-refractivity contribution in [1.29, 1.82) is 0 Å². The van der Waals surface area contributed by atoms with Gasteiger partial charge in [0.2, 0.25) is 0 Å². The van der Waals surface area contributed by atoms with Gasteiger partial charge < -0.3 is 24.7 Å². The Morgan fingerprint density at radius 1 is 0.975 bits per heavy atom. The molecule has 0 saturated carbocycles. The molecule has 4 aromatic rings. The first-order chi connectivity index (χ1) is 19.6. The van der Waals surface area contributed by atoms with E-state index in [-0.39, 0.29) is 11.9 Å². The summed E-state index contributed by atoms with van der Waals surface area (Å²) in [5.41, 5.74) is 6.24. The Bertz CT molecular complexity index is 1360. The summed E-state index contributed by atoms with van der Waals surface area (Å²) in [5.74, 6) is 0.723. The number of rotatable bonds is 10. The van der Waals surface area contributed by atoms with Crippen LogP contribution in [-0.4, -0.2) is 30.9 Å². The average Bonchev–Trinajstić information content (AvgIpc) is 3.32. The van der Waals surface area contributed by atoms with Crippen LogP contribution < -0.4 is 15.4 Å². The van der Waals surface area contributed by atoms with E-state index < -0.39 is 0 Å². The van der Waals surface area contributed by atoms with Crippen LogP contribution in [0.4, 0.5) is 15.8 Å². The lowest BCUT2D eigenvalue weighted by molar-refractivity contribution is 0.0256. The fourth-order valence-corrected chi connectivity index (χ4v) is 5.50. The van der Waals surface area contributed by atoms with Crippen molar-refractivity contribution in [2.24, 2.45) is 0 Å². The largest absolute Gasteiger partial charge is 0.490 e. The quantitative estimate of drug-likeness (QED) is 0.209. The number of halogens is 1. The zero-order valence-corrected chi connectivity index (χ0v) is 24.6. The standard InChI is InChI=1S/C32H38FN3O2.C2H6/c1-4-25(5-2)36-30-20-27(38-26-16-18-37-19-17-26)14-15-28(30)31(34-3)32(36)22-10-12-24(13-11-22)35-21-23-8-6-7-9-29(23)33;1-2/h6-15,20,25-26,34-35H,4-5,16-19,21H2,1-3H3;1-2H3. The van der Waals surface area contributed by atoms with Crippen LogP contribution in [0.1, 0.15) is 65.0 Å². The van der Waals surface area contributed by atoms with Crippen LogP contribution in [0.3, 0.4) is 0 Å². The summed E-state index contributed by atoms with van der Waals surface area (Å²) < 4.78 is 28.4. The zero-order valence-electron chi connectivity index (χ0n) is 24.6. The van der Waals surface area contributed by atoms with Crippen molar-refractivity contribution >= 4 is 22.3 Å². The van der Waals surface area contributed by atoms with E-state index >= 15 is 0 Å². The third kappa shape index (κ3) is 6.44. The lowest BCUT2D eigenvalue weighted by Gasteiger charge is -2.24. The van der Waals surface area contributed by atoms with Gasteiger partial charge in [-0.1, -0.05) is 58.0 Å². The summed E-state index contributed by atoms with van der Waals surface area (Å²) in [6, 6.07) is 22.2. The highest BCUT2D eigenvalue weighted by molar-refractivity contribution is 6.02. The van der Waals surface area contributed by atoms with Gasteiger partial charge in [-0.2, -0.15) is 0 Å². The number of benzene rings is 3. The minimum Gasteiger partial charge on any atom is -0.490 e. The van der Waals surface area contributed by atoms with Crippen LogP contribution in [0.2, 0.25) is 0 Å². The first kappa shape index (κ1) is 29.5. The number of fused-ring (bicyclic) bond motifs is 1. The van der Waals surface area contributed by atoms with E-state index in [1.54, 1.807) is 6.07 Å². The average molecular weight is 546 g/mol. The lowest BCUT2D eigenvalue weighted by Crippen LogP contribution is -2.25. The van der Waals surface area contributed by atoms with E-state index in [0.717, 1.165) is 61.6 Å². The van der Waals surface area contributed by atoms with Gasteiger partial charge in [-0.3, -0.25) is 0 Å². The predicted octanol–water partition coefficient (Wildman–Crippen LogP) is 9.05. The molecule has 0 radical (unpaired) electrons. The molecule has 5 rings (SSSR count). The molecule has 1 aromatic heterocycles. The maximum absolute atomic E-state index is 14.0. The monoisotopic (exact) mass is 545 g/mol. The first-order valence-corrected chi connectivity index (χ1v) is 14.8. The molecule has 40 heavy (non-hydrogen) atoms. The van der Waals surface area contributed by atoms with Crippen molar-refractivity contribution in [2.45, 2.75) is 72.1 Å². The highest BCUT2D eigenvalue weighted by Gasteiger charge is 2.23. The summed E-state index contributed by atoms with van der Waals surface area (Å²) in [7, 11) is 1.99. The maximum atomic E-state index is 14.0. The summed E-state index contributed by atoms with van der Waals surface area (Å²) in [4.78, 5) is 0. The number of anilines is 2. The molecule has 1 aliphatic heterocycles. The molecule has 0 aliphatic carbocycles. The van der Waals surface area contributed by atoms with Crippen molar-refractivity contribution in [3.05, 3.63) is 78.1 Å². The van der Waals surface area contributed by atoms with Gasteiger partial charge in [-0.15, -0.1) is 0 Å². The second-order valence-corrected chi connectivity index (χ2v) is 9.94. The number of nitrogens with zero attached hydrogens (tertiary/aromatic N) is 1. The fraction of sp³-hybridized carbons (Fsp3) is 0.412. The number of aromatic nitrogens is 1. The summed E-state index contributed by atoms with van der Waals surface area (Å²) in [6.45, 7) is 10.5. The molecule has 0 bridgehead atoms. The van der Waals surface area contributed by atoms with E-state index in [4.69, 9.17) is 9.47 Å². The van der Waals surface area contributed by atoms with Crippen molar-refractivity contribution < 1.29 is 13.9 Å². The first-order valence-electron chi connectivity index (χ1n) is 14.8. The summed E-state index contributed by atoms with van der Waals surface area (Å²) in [5, 5.41) is 8.04. The van der Waals surface area contributed by atoms with Crippen molar-refractivity contribution in [1.82, 2.24) is 4.57 Å². The summed E-state index contributed by atoms with van der Waals surface area (Å²) >= 11 is 0. The molecule has 0 unspecified atom stereocenters. The van der Waals surface area contributed by atoms with Gasteiger partial charge in [0.15, 0.2) is 0 Å². The van der Waals surface area contributed by atoms with Crippen molar-refractivity contribution in [3.63, 3.8) is 0 Å². The Morgan fingerprint density at radius 2 is 1.68 bits per heavy atom. The molecule has 2 heterocycles. The minimum absolute atomic E-state index is 0.190. The molecule has 0 spiro atoms. The van der Waals surface area contributed by atoms with Crippen molar-refractivity contribution in [3.8, 4) is 17.0 Å². The van der Waals surface area contributed by atoms with E-state index in [0.29, 0.717) is 18.2 Å². The van der Waals surface area contributed by atoms with Gasteiger partial charge in [0.25, 0.3) is 0 Å². The second-order valence-electron chi connectivity index (χ2n) is 9.94. The van der Waals surface area contributed by atoms with Crippen LogP contribution in [0, 0.1) is 5.82 Å². The third-order valence-electron chi connectivity index (χ3n) is 7.60. The summed E-state index contributed by atoms with van der Waals surface area (Å²) in [6.07, 6.45) is 4.12. The van der Waals surface area contributed by atoms with E-state index in [1.807, 2.05) is 33.0 Å². The maximum Gasteiger partial charge on any atom is 0.128 e. The molecular formula is C34H44FN3O2. The van der Waals surface area contributed by atoms with Gasteiger partial charge >= 0.3 is 0 Å². The third-order valence-corrected chi connectivity index (χ3v) is 7.60. The SMILES string of the molecule is CC.CCC(CC)n1c(-c2ccc(NCc3ccccc3F)cc2)c(NC)c2ccc(OC3CCOCC3)cc21. The van der Waals surface area contributed by atoms with Gasteiger partial charge in [-0.25, -0.2) is 4.39 Å². The Balaban J connectivity index is 0.00000181. The number of hydrogen-bond acceptors (Lipinski definition) is 4. The van der Waals surface area contributed by atoms with E-state index in [2.05, 4.69) is 71.5 Å². The van der Waals surface area contributed by atoms with Crippen molar-refractivity contribution in [2.75, 3.05) is 30.9 Å². The Morgan fingerprint density at radius 3 is 2.33 bits per heavy atom. The number of ether oxygens (including phenoxy) is 2. The van der Waals surface area contributed by atoms with E-state index in [9.17, 15) is 4.39 Å². The smallest absolute Gasteiger partial charge is 0.128 e. The molecule has 6 heteroatoms. The Kier molecular flexibility index (Phi) is 10.5. The van der Waals surface area contributed by atoms with Gasteiger partial charge in [0.1, 0.15) is 17.7 Å². The normalized spacial score (nSPS) is 13.7. The van der Waals surface area contributed by atoms with Gasteiger partial charge in [-0.05, 0) is 43.2 Å². The Labute approximate surface area is 238 Å². The molecule has 1 saturated heterocycles. The highest BCUT2D eigenvalue weighted by Crippen LogP contribution is 2.43. The zero-order chi connectivity index (χ0) is 28.5. The topological polar surface area (TPSA) is 47.5 Å². The highest BCUT2D eigenvalue weighted by atomic mass is 19.1. The molecule has 3 aromatic carbocycles. The molecule has 0 atom stereocenters. The van der Waals surface area contributed by atoms with Crippen LogP contribution in [-0.2, 0) is 11.3 Å². The number of hydrogen-bond donors (Lipinski definition) is 2. The van der Waals surface area contributed by atoms with Crippen LogP contribution in [0.5, 0.6) is 5.75 Å². The fourth-order valence-electron chi connectivity index (χ4n) is 5.50. The van der Waals surface area contributed by atoms with Crippen LogP contribution >= 0.6 is 0 Å². The minimum atomic E-state index is -0.190. The second kappa shape index (κ2) is 14.2. The predicted molar refractivity (Wildman–Crippen MR) is 166 cm³/mol. The molecular weight excluding hydrogens is 501 g/mol. The molecule has 0 amide bonds. The molecule has 2 N–H and O–H groups in total.